The maximum absolute atomic E-state index is 11.5. The van der Waals surface area contributed by atoms with Crippen molar-refractivity contribution in [1.82, 2.24) is 0 Å². The summed E-state index contributed by atoms with van der Waals surface area (Å²) >= 11 is 0. The van der Waals surface area contributed by atoms with Gasteiger partial charge in [0, 0.05) is 6.61 Å². The molecule has 0 spiro atoms. The summed E-state index contributed by atoms with van der Waals surface area (Å²) in [6, 6.07) is 0.0354. The second-order valence-corrected chi connectivity index (χ2v) is 14.6. The lowest BCUT2D eigenvalue weighted by molar-refractivity contribution is -0.198. The first-order valence-electron chi connectivity index (χ1n) is 15.5. The molecule has 0 radical (unpaired) electrons. The molecule has 0 aromatic carbocycles. The summed E-state index contributed by atoms with van der Waals surface area (Å²) in [5.41, 5.74) is 1.27. The van der Waals surface area contributed by atoms with E-state index >= 15 is 0 Å². The predicted molar refractivity (Wildman–Crippen MR) is 147 cm³/mol. The van der Waals surface area contributed by atoms with Crippen molar-refractivity contribution < 1.29 is 5.11 Å². The van der Waals surface area contributed by atoms with Crippen LogP contribution in [0.5, 0.6) is 0 Å². The zero-order valence-corrected chi connectivity index (χ0v) is 24.4. The van der Waals surface area contributed by atoms with Crippen molar-refractivity contribution in [2.75, 3.05) is 6.61 Å². The Bertz CT molecular complexity index is 769. The SMILES string of the molecule is CC.CC1C(N=O)CCC2(C)C1CCC1(C)C2CCC2CC3C(C)[C@H](C)CCC3(CO)CC[C@]21C. The van der Waals surface area contributed by atoms with Crippen LogP contribution in [0.2, 0.25) is 0 Å². The molecule has 35 heavy (non-hydrogen) atoms. The summed E-state index contributed by atoms with van der Waals surface area (Å²) in [5.74, 6) is 4.89. The molecule has 202 valence electrons. The molecule has 0 aromatic rings. The molecule has 0 saturated heterocycles. The van der Waals surface area contributed by atoms with E-state index in [0.717, 1.165) is 30.1 Å². The van der Waals surface area contributed by atoms with Gasteiger partial charge in [-0.05, 0) is 134 Å². The zero-order chi connectivity index (χ0) is 25.8. The predicted octanol–water partition coefficient (Wildman–Crippen LogP) is 8.88. The number of aliphatic hydroxyl groups is 1. The molecule has 5 aliphatic carbocycles. The highest BCUT2D eigenvalue weighted by molar-refractivity contribution is 5.16. The van der Waals surface area contributed by atoms with E-state index in [0.29, 0.717) is 40.6 Å². The number of aliphatic hydroxyl groups excluding tert-OH is 1. The molecule has 0 amide bonds. The second-order valence-electron chi connectivity index (χ2n) is 14.6. The van der Waals surface area contributed by atoms with Crippen LogP contribution in [0.3, 0.4) is 0 Å². The van der Waals surface area contributed by atoms with Crippen LogP contribution < -0.4 is 0 Å². The second kappa shape index (κ2) is 9.70. The lowest BCUT2D eigenvalue weighted by atomic mass is 9.36. The molecule has 5 aliphatic rings. The molecular formula is C32H57NO2. The number of fused-ring (bicyclic) bond motifs is 6. The topological polar surface area (TPSA) is 49.7 Å². The van der Waals surface area contributed by atoms with Crippen molar-refractivity contribution in [3.8, 4) is 0 Å². The maximum Gasteiger partial charge on any atom is 0.0948 e. The molecule has 0 heterocycles. The van der Waals surface area contributed by atoms with Crippen LogP contribution in [-0.2, 0) is 0 Å². The number of hydrogen-bond donors (Lipinski definition) is 1. The van der Waals surface area contributed by atoms with E-state index in [9.17, 15) is 10.0 Å². The molecule has 0 aromatic heterocycles. The van der Waals surface area contributed by atoms with Crippen LogP contribution >= 0.6 is 0 Å². The molecule has 5 rings (SSSR count). The largest absolute Gasteiger partial charge is 0.396 e. The van der Waals surface area contributed by atoms with E-state index in [4.69, 9.17) is 0 Å². The summed E-state index contributed by atoms with van der Waals surface area (Å²) < 4.78 is 0. The first-order chi connectivity index (χ1) is 16.6. The summed E-state index contributed by atoms with van der Waals surface area (Å²) in [6.07, 6.45) is 13.9. The Morgan fingerprint density at radius 3 is 2.14 bits per heavy atom. The Labute approximate surface area is 217 Å². The lowest BCUT2D eigenvalue weighted by Crippen LogP contribution is -2.62. The van der Waals surface area contributed by atoms with Crippen LogP contribution in [0.4, 0.5) is 0 Å². The zero-order valence-electron chi connectivity index (χ0n) is 24.4. The molecule has 0 aliphatic heterocycles. The smallest absolute Gasteiger partial charge is 0.0948 e. The molecule has 12 atom stereocenters. The quantitative estimate of drug-likeness (QED) is 0.395. The normalized spacial score (nSPS) is 55.6. The Hall–Kier alpha value is -0.440. The van der Waals surface area contributed by atoms with Gasteiger partial charge in [0.25, 0.3) is 0 Å². The molecular weight excluding hydrogens is 430 g/mol. The first-order valence-corrected chi connectivity index (χ1v) is 15.5. The van der Waals surface area contributed by atoms with Gasteiger partial charge in [0.1, 0.15) is 0 Å². The Morgan fingerprint density at radius 2 is 1.49 bits per heavy atom. The highest BCUT2D eigenvalue weighted by atomic mass is 16.3. The summed E-state index contributed by atoms with van der Waals surface area (Å²) in [4.78, 5) is 11.5. The van der Waals surface area contributed by atoms with Gasteiger partial charge < -0.3 is 5.11 Å². The van der Waals surface area contributed by atoms with Gasteiger partial charge in [0.05, 0.1) is 6.04 Å². The van der Waals surface area contributed by atoms with Crippen LogP contribution in [0.25, 0.3) is 0 Å². The molecule has 10 unspecified atom stereocenters. The fourth-order valence-corrected chi connectivity index (χ4v) is 11.4. The average molecular weight is 488 g/mol. The third-order valence-corrected chi connectivity index (χ3v) is 14.2. The third-order valence-electron chi connectivity index (χ3n) is 14.2. The minimum atomic E-state index is 0.0354. The molecule has 0 bridgehead atoms. The van der Waals surface area contributed by atoms with Gasteiger partial charge in [0.15, 0.2) is 0 Å². The van der Waals surface area contributed by atoms with Gasteiger partial charge >= 0.3 is 0 Å². The Kier molecular flexibility index (Phi) is 7.65. The van der Waals surface area contributed by atoms with E-state index in [1.165, 1.54) is 64.2 Å². The van der Waals surface area contributed by atoms with Gasteiger partial charge in [-0.3, -0.25) is 0 Å². The van der Waals surface area contributed by atoms with Gasteiger partial charge in [-0.15, -0.1) is 0 Å². The molecule has 5 saturated carbocycles. The van der Waals surface area contributed by atoms with Crippen molar-refractivity contribution in [2.45, 2.75) is 132 Å². The van der Waals surface area contributed by atoms with Crippen molar-refractivity contribution in [2.24, 2.45) is 68.3 Å². The average Bonchev–Trinajstić information content (AvgIpc) is 2.99. The fraction of sp³-hybridized carbons (Fsp3) is 1.00. The van der Waals surface area contributed by atoms with Crippen LogP contribution in [-0.4, -0.2) is 17.8 Å². The number of rotatable bonds is 2. The molecule has 3 nitrogen and oxygen atoms in total. The minimum absolute atomic E-state index is 0.0354. The highest BCUT2D eigenvalue weighted by Crippen LogP contribution is 2.74. The lowest BCUT2D eigenvalue weighted by Gasteiger charge is -2.69. The van der Waals surface area contributed by atoms with Gasteiger partial charge in [-0.1, -0.05) is 60.6 Å². The summed E-state index contributed by atoms with van der Waals surface area (Å²) in [6.45, 7) is 19.7. The van der Waals surface area contributed by atoms with Gasteiger partial charge in [0.2, 0.25) is 0 Å². The number of nitroso groups, excluding NO2 is 1. The van der Waals surface area contributed by atoms with Crippen molar-refractivity contribution in [3.63, 3.8) is 0 Å². The van der Waals surface area contributed by atoms with Crippen LogP contribution in [0.15, 0.2) is 5.18 Å². The summed E-state index contributed by atoms with van der Waals surface area (Å²) in [5, 5.41) is 14.3. The van der Waals surface area contributed by atoms with E-state index in [2.05, 4.69) is 46.7 Å². The van der Waals surface area contributed by atoms with Crippen LogP contribution in [0.1, 0.15) is 126 Å². The molecule has 1 N–H and O–H groups in total. The van der Waals surface area contributed by atoms with E-state index < -0.39 is 0 Å². The van der Waals surface area contributed by atoms with Gasteiger partial charge in [-0.2, -0.15) is 4.91 Å². The van der Waals surface area contributed by atoms with E-state index in [-0.39, 0.29) is 11.5 Å². The maximum atomic E-state index is 11.5. The van der Waals surface area contributed by atoms with Crippen LogP contribution in [0, 0.1) is 68.0 Å². The highest BCUT2D eigenvalue weighted by Gasteiger charge is 2.66. The van der Waals surface area contributed by atoms with Crippen molar-refractivity contribution >= 4 is 0 Å². The van der Waals surface area contributed by atoms with Crippen molar-refractivity contribution in [1.29, 1.82) is 0 Å². The standard InChI is InChI=1S/C30H51NO2.C2H6/c1-19-9-14-30(18-32)16-15-28(5)22(17-24(30)20(19)2)7-8-26-27(4)12-11-25(31-33)21(3)23(27)10-13-29(26,28)6;1-2/h19-26,32H,7-18H2,1-6H3;1-2H3/t19-,20?,21?,22?,23?,24?,25?,26?,27?,28-,29?,30?;/m1./s1. The fourth-order valence-electron chi connectivity index (χ4n) is 11.4. The number of hydrogen-bond acceptors (Lipinski definition) is 3. The molecule has 5 fully saturated rings. The first kappa shape index (κ1) is 27.6. The summed E-state index contributed by atoms with van der Waals surface area (Å²) in [7, 11) is 0. The number of nitrogens with zero attached hydrogens (tertiary/aromatic N) is 1. The Morgan fingerprint density at radius 1 is 0.771 bits per heavy atom. The van der Waals surface area contributed by atoms with Crippen molar-refractivity contribution in [3.05, 3.63) is 4.91 Å². The minimum Gasteiger partial charge on any atom is -0.396 e. The van der Waals surface area contributed by atoms with E-state index in [1.54, 1.807) is 0 Å². The van der Waals surface area contributed by atoms with Gasteiger partial charge in [-0.25, -0.2) is 0 Å². The Balaban J connectivity index is 0.00000141. The third kappa shape index (κ3) is 3.82. The van der Waals surface area contributed by atoms with E-state index in [1.807, 2.05) is 13.8 Å². The monoisotopic (exact) mass is 487 g/mol. The molecule has 3 heteroatoms.